The summed E-state index contributed by atoms with van der Waals surface area (Å²) in [5.41, 5.74) is 0.0652. The molecule has 2 rings (SSSR count). The molecular formula is C14H17F2NO2. The van der Waals surface area contributed by atoms with Crippen LogP contribution in [0.1, 0.15) is 18.4 Å². The lowest BCUT2D eigenvalue weighted by molar-refractivity contribution is -0.137. The van der Waals surface area contributed by atoms with Gasteiger partial charge in [-0.05, 0) is 37.0 Å². The number of nitrogens with zero attached hydrogens (tertiary/aromatic N) is 1. The van der Waals surface area contributed by atoms with E-state index in [-0.39, 0.29) is 12.5 Å². The summed E-state index contributed by atoms with van der Waals surface area (Å²) in [6.45, 7) is 0.299. The highest BCUT2D eigenvalue weighted by molar-refractivity contribution is 5.85. The minimum absolute atomic E-state index is 0.0717. The van der Waals surface area contributed by atoms with E-state index in [0.29, 0.717) is 18.5 Å². The van der Waals surface area contributed by atoms with E-state index < -0.39 is 17.0 Å². The second-order valence-corrected chi connectivity index (χ2v) is 5.16. The fourth-order valence-electron chi connectivity index (χ4n) is 2.09. The Morgan fingerprint density at radius 1 is 1.37 bits per heavy atom. The molecule has 0 saturated heterocycles. The zero-order chi connectivity index (χ0) is 14.0. The molecule has 1 aromatic carbocycles. The number of carbonyl (C=O) groups is 1. The van der Waals surface area contributed by atoms with Crippen LogP contribution in [0.4, 0.5) is 8.78 Å². The van der Waals surface area contributed by atoms with Gasteiger partial charge >= 0.3 is 0 Å². The Kier molecular flexibility index (Phi) is 3.85. The molecule has 0 atom stereocenters. The minimum atomic E-state index is -0.875. The molecule has 0 aromatic heterocycles. The Balaban J connectivity index is 1.91. The van der Waals surface area contributed by atoms with Crippen LogP contribution >= 0.6 is 0 Å². The Labute approximate surface area is 110 Å². The highest BCUT2D eigenvalue weighted by Gasteiger charge is 2.50. The average Bonchev–Trinajstić information content (AvgIpc) is 3.20. The van der Waals surface area contributed by atoms with E-state index in [2.05, 4.69) is 0 Å². The van der Waals surface area contributed by atoms with Crippen molar-refractivity contribution in [2.45, 2.75) is 19.3 Å². The van der Waals surface area contributed by atoms with E-state index in [1.54, 1.807) is 11.9 Å². The number of hydrogen-bond donors (Lipinski definition) is 1. The number of rotatable bonds is 5. The Hall–Kier alpha value is -1.49. The number of amides is 1. The molecular weight excluding hydrogens is 252 g/mol. The van der Waals surface area contributed by atoms with Crippen molar-refractivity contribution in [1.29, 1.82) is 0 Å². The van der Waals surface area contributed by atoms with Gasteiger partial charge in [0.2, 0.25) is 5.91 Å². The van der Waals surface area contributed by atoms with Gasteiger partial charge in [0.15, 0.2) is 11.6 Å². The highest BCUT2D eigenvalue weighted by Crippen LogP contribution is 2.46. The van der Waals surface area contributed by atoms with Gasteiger partial charge in [0, 0.05) is 13.6 Å². The van der Waals surface area contributed by atoms with Gasteiger partial charge in [-0.3, -0.25) is 4.79 Å². The molecule has 1 aliphatic rings. The summed E-state index contributed by atoms with van der Waals surface area (Å²) in [5, 5.41) is 9.19. The van der Waals surface area contributed by atoms with Crippen molar-refractivity contribution in [3.05, 3.63) is 35.4 Å². The lowest BCUT2D eigenvalue weighted by atomic mass is 10.1. The van der Waals surface area contributed by atoms with Crippen LogP contribution in [0, 0.1) is 17.0 Å². The van der Waals surface area contributed by atoms with Crippen LogP contribution in [0.5, 0.6) is 0 Å². The van der Waals surface area contributed by atoms with Gasteiger partial charge in [-0.25, -0.2) is 8.78 Å². The first-order valence-corrected chi connectivity index (χ1v) is 6.29. The fraction of sp³-hybridized carbons (Fsp3) is 0.500. The Bertz CT molecular complexity index is 486. The molecule has 1 aromatic rings. The predicted molar refractivity (Wildman–Crippen MR) is 66.5 cm³/mol. The van der Waals surface area contributed by atoms with E-state index in [9.17, 15) is 18.7 Å². The largest absolute Gasteiger partial charge is 0.395 e. The molecule has 0 heterocycles. The Morgan fingerprint density at radius 3 is 2.58 bits per heavy atom. The molecule has 1 N–H and O–H groups in total. The van der Waals surface area contributed by atoms with Crippen molar-refractivity contribution in [3.8, 4) is 0 Å². The summed E-state index contributed by atoms with van der Waals surface area (Å²) in [7, 11) is 1.66. The van der Waals surface area contributed by atoms with Gasteiger partial charge in [0.05, 0.1) is 12.0 Å². The van der Waals surface area contributed by atoms with Crippen molar-refractivity contribution in [1.82, 2.24) is 4.90 Å². The third-order valence-electron chi connectivity index (χ3n) is 3.68. The number of carbonyl (C=O) groups excluding carboxylic acids is 1. The van der Waals surface area contributed by atoms with Gasteiger partial charge in [0.25, 0.3) is 0 Å². The molecule has 1 aliphatic carbocycles. The molecule has 0 unspecified atom stereocenters. The van der Waals surface area contributed by atoms with Crippen LogP contribution in [0.3, 0.4) is 0 Å². The number of halogens is 2. The summed E-state index contributed by atoms with van der Waals surface area (Å²) in [4.78, 5) is 13.6. The quantitative estimate of drug-likeness (QED) is 0.884. The second-order valence-electron chi connectivity index (χ2n) is 5.16. The van der Waals surface area contributed by atoms with E-state index in [1.165, 1.54) is 6.07 Å². The van der Waals surface area contributed by atoms with Crippen molar-refractivity contribution >= 4 is 5.91 Å². The van der Waals surface area contributed by atoms with E-state index in [0.717, 1.165) is 25.0 Å². The summed E-state index contributed by atoms with van der Waals surface area (Å²) < 4.78 is 25.8. The fourth-order valence-corrected chi connectivity index (χ4v) is 2.09. The number of benzene rings is 1. The lowest BCUT2D eigenvalue weighted by Gasteiger charge is -2.22. The molecule has 0 radical (unpaired) electrons. The molecule has 19 heavy (non-hydrogen) atoms. The van der Waals surface area contributed by atoms with Crippen LogP contribution in [0.15, 0.2) is 18.2 Å². The molecule has 5 heteroatoms. The summed E-state index contributed by atoms with van der Waals surface area (Å²) in [6.07, 6.45) is 1.90. The third kappa shape index (κ3) is 2.92. The highest BCUT2D eigenvalue weighted by atomic mass is 19.2. The van der Waals surface area contributed by atoms with Crippen LogP contribution in [-0.4, -0.2) is 36.1 Å². The first-order valence-electron chi connectivity index (χ1n) is 6.29. The number of likely N-dealkylation sites (N-methyl/N-ethyl adjacent to an activating group) is 1. The topological polar surface area (TPSA) is 40.5 Å². The molecule has 1 fully saturated rings. The average molecular weight is 269 g/mol. The van der Waals surface area contributed by atoms with E-state index in [1.807, 2.05) is 0 Å². The predicted octanol–water partition coefficient (Wildman–Crippen LogP) is 1.74. The normalized spacial score (nSPS) is 16.2. The van der Waals surface area contributed by atoms with Gasteiger partial charge < -0.3 is 10.0 Å². The maximum atomic E-state index is 13.0. The van der Waals surface area contributed by atoms with Crippen molar-refractivity contribution in [2.24, 2.45) is 5.41 Å². The Morgan fingerprint density at radius 2 is 2.05 bits per heavy atom. The van der Waals surface area contributed by atoms with Crippen LogP contribution < -0.4 is 0 Å². The molecule has 0 spiro atoms. The first-order chi connectivity index (χ1) is 8.98. The monoisotopic (exact) mass is 269 g/mol. The molecule has 1 saturated carbocycles. The van der Waals surface area contributed by atoms with E-state index in [4.69, 9.17) is 0 Å². The number of aliphatic hydroxyl groups is 1. The molecule has 104 valence electrons. The van der Waals surface area contributed by atoms with Crippen molar-refractivity contribution in [2.75, 3.05) is 20.2 Å². The van der Waals surface area contributed by atoms with Crippen LogP contribution in [-0.2, 0) is 11.2 Å². The molecule has 3 nitrogen and oxygen atoms in total. The van der Waals surface area contributed by atoms with Crippen LogP contribution in [0.25, 0.3) is 0 Å². The zero-order valence-corrected chi connectivity index (χ0v) is 10.8. The minimum Gasteiger partial charge on any atom is -0.395 e. The van der Waals surface area contributed by atoms with Crippen molar-refractivity contribution in [3.63, 3.8) is 0 Å². The zero-order valence-electron chi connectivity index (χ0n) is 10.8. The van der Waals surface area contributed by atoms with Crippen LogP contribution in [0.2, 0.25) is 0 Å². The van der Waals surface area contributed by atoms with E-state index >= 15 is 0 Å². The third-order valence-corrected chi connectivity index (χ3v) is 3.68. The lowest BCUT2D eigenvalue weighted by Crippen LogP contribution is -2.37. The summed E-state index contributed by atoms with van der Waals surface area (Å²) in [6, 6.07) is 3.74. The molecule has 0 bridgehead atoms. The van der Waals surface area contributed by atoms with Gasteiger partial charge in [-0.2, -0.15) is 0 Å². The first kappa shape index (κ1) is 13.9. The van der Waals surface area contributed by atoms with Crippen molar-refractivity contribution < 1.29 is 18.7 Å². The smallest absolute Gasteiger partial charge is 0.230 e. The SMILES string of the molecule is CN(CCc1ccc(F)c(F)c1)C(=O)C1(CO)CC1. The van der Waals surface area contributed by atoms with Gasteiger partial charge in [-0.1, -0.05) is 6.07 Å². The summed E-state index contributed by atoms with van der Waals surface area (Å²) >= 11 is 0. The number of hydrogen-bond acceptors (Lipinski definition) is 2. The number of aliphatic hydroxyl groups excluding tert-OH is 1. The molecule has 1 amide bonds. The van der Waals surface area contributed by atoms with Gasteiger partial charge in [-0.15, -0.1) is 0 Å². The maximum absolute atomic E-state index is 13.0. The molecule has 0 aliphatic heterocycles. The summed E-state index contributed by atoms with van der Waals surface area (Å²) in [5.74, 6) is -1.82. The maximum Gasteiger partial charge on any atom is 0.230 e. The standard InChI is InChI=1S/C14H17F2NO2/c1-17(13(19)14(9-18)5-6-14)7-4-10-2-3-11(15)12(16)8-10/h2-3,8,18H,4-7,9H2,1H3. The second kappa shape index (κ2) is 5.25. The van der Waals surface area contributed by atoms with Gasteiger partial charge in [0.1, 0.15) is 0 Å².